The van der Waals surface area contributed by atoms with Crippen molar-refractivity contribution < 1.29 is 27.9 Å². The highest BCUT2D eigenvalue weighted by atomic mass is 19.4. The summed E-state index contributed by atoms with van der Waals surface area (Å²) in [6, 6.07) is 18.6. The predicted molar refractivity (Wildman–Crippen MR) is 132 cm³/mol. The summed E-state index contributed by atoms with van der Waals surface area (Å²) >= 11 is 0. The van der Waals surface area contributed by atoms with Crippen LogP contribution in [0.25, 0.3) is 22.0 Å². The molecule has 0 unspecified atom stereocenters. The number of aromatic nitrogens is 1. The topological polar surface area (TPSA) is 73.4 Å². The molecule has 2 N–H and O–H groups in total. The second-order valence-electron chi connectivity index (χ2n) is 9.42. The van der Waals surface area contributed by atoms with Gasteiger partial charge in [0, 0.05) is 23.0 Å². The first-order valence-corrected chi connectivity index (χ1v) is 11.8. The fraction of sp³-hybridized carbons (Fsp3) is 0.172. The number of rotatable bonds is 2. The van der Waals surface area contributed by atoms with E-state index in [1.54, 1.807) is 12.1 Å². The predicted octanol–water partition coefficient (Wildman–Crippen LogP) is 6.11. The van der Waals surface area contributed by atoms with Gasteiger partial charge in [-0.15, -0.1) is 0 Å². The van der Waals surface area contributed by atoms with Crippen molar-refractivity contribution in [1.82, 2.24) is 9.88 Å². The van der Waals surface area contributed by atoms with Crippen molar-refractivity contribution in [3.63, 3.8) is 0 Å². The Bertz CT molecular complexity index is 1590. The highest BCUT2D eigenvalue weighted by molar-refractivity contribution is 6.27. The number of Topliss-reactive ketones (excluding diaryl/α,β-unsaturated/α-hetero) is 1. The van der Waals surface area contributed by atoms with E-state index in [1.165, 1.54) is 24.0 Å². The molecule has 3 aromatic carbocycles. The number of para-hydroxylation sites is 1. The van der Waals surface area contributed by atoms with Crippen molar-refractivity contribution in [2.75, 3.05) is 0 Å². The third kappa shape index (κ3) is 3.55. The van der Waals surface area contributed by atoms with Crippen LogP contribution in [0.3, 0.4) is 0 Å². The number of fused-ring (bicyclic) bond motifs is 4. The molecular formula is C29H21F3N2O3. The second kappa shape index (κ2) is 8.09. The van der Waals surface area contributed by atoms with Crippen molar-refractivity contribution in [2.45, 2.75) is 31.6 Å². The van der Waals surface area contributed by atoms with Crippen molar-refractivity contribution >= 4 is 22.6 Å². The summed E-state index contributed by atoms with van der Waals surface area (Å²) in [5.74, 6) is -1.21. The molecule has 2 aliphatic heterocycles. The summed E-state index contributed by atoms with van der Waals surface area (Å²) in [5, 5.41) is 11.1. The zero-order valence-electron chi connectivity index (χ0n) is 19.6. The van der Waals surface area contributed by atoms with Crippen molar-refractivity contribution in [2.24, 2.45) is 0 Å². The number of benzene rings is 3. The number of allylic oxidation sites excluding steroid dienone is 1. The number of aliphatic hydroxyl groups excluding tert-OH is 1. The molecule has 5 nitrogen and oxygen atoms in total. The van der Waals surface area contributed by atoms with Gasteiger partial charge in [-0.1, -0.05) is 54.6 Å². The first-order valence-electron chi connectivity index (χ1n) is 11.8. The molecule has 1 fully saturated rings. The normalized spacial score (nSPS) is 20.8. The molecule has 186 valence electrons. The number of aromatic amines is 1. The second-order valence-corrected chi connectivity index (χ2v) is 9.42. The van der Waals surface area contributed by atoms with Gasteiger partial charge in [-0.3, -0.25) is 9.59 Å². The first-order chi connectivity index (χ1) is 17.6. The number of H-pyrrole nitrogens is 1. The fourth-order valence-electron chi connectivity index (χ4n) is 5.53. The van der Waals surface area contributed by atoms with E-state index >= 15 is 0 Å². The summed E-state index contributed by atoms with van der Waals surface area (Å²) in [4.78, 5) is 31.5. The molecule has 37 heavy (non-hydrogen) atoms. The van der Waals surface area contributed by atoms with Gasteiger partial charge in [0.15, 0.2) is 5.78 Å². The van der Waals surface area contributed by atoms with Gasteiger partial charge in [0.2, 0.25) is 0 Å². The largest absolute Gasteiger partial charge is 0.512 e. The van der Waals surface area contributed by atoms with E-state index in [-0.39, 0.29) is 11.3 Å². The quantitative estimate of drug-likeness (QED) is 0.197. The Kier molecular flexibility index (Phi) is 5.05. The Hall–Kier alpha value is -4.33. The average molecular weight is 502 g/mol. The van der Waals surface area contributed by atoms with E-state index in [0.717, 1.165) is 45.4 Å². The summed E-state index contributed by atoms with van der Waals surface area (Å²) in [7, 11) is 0. The van der Waals surface area contributed by atoms with Gasteiger partial charge in [0.1, 0.15) is 17.4 Å². The summed E-state index contributed by atoms with van der Waals surface area (Å²) < 4.78 is 38.8. The minimum atomic E-state index is -4.41. The molecule has 6 rings (SSSR count). The van der Waals surface area contributed by atoms with Gasteiger partial charge in [0.25, 0.3) is 5.91 Å². The number of amides is 1. The van der Waals surface area contributed by atoms with Gasteiger partial charge >= 0.3 is 6.18 Å². The van der Waals surface area contributed by atoms with Crippen LogP contribution in [-0.4, -0.2) is 32.7 Å². The number of nitrogens with one attached hydrogen (secondary N) is 1. The minimum Gasteiger partial charge on any atom is -0.512 e. The fourth-order valence-corrected chi connectivity index (χ4v) is 5.53. The molecule has 2 aliphatic rings. The monoisotopic (exact) mass is 502 g/mol. The molecule has 3 heterocycles. The smallest absolute Gasteiger partial charge is 0.416 e. The average Bonchev–Trinajstić information content (AvgIpc) is 3.37. The van der Waals surface area contributed by atoms with Crippen LogP contribution >= 0.6 is 0 Å². The molecule has 8 heteroatoms. The van der Waals surface area contributed by atoms with Gasteiger partial charge in [-0.05, 0) is 47.4 Å². The summed E-state index contributed by atoms with van der Waals surface area (Å²) in [5.41, 5.74) is 3.83. The zero-order chi connectivity index (χ0) is 26.1. The number of hydrogen-bond donors (Lipinski definition) is 2. The van der Waals surface area contributed by atoms with Crippen LogP contribution in [0.1, 0.15) is 35.3 Å². The zero-order valence-corrected chi connectivity index (χ0v) is 19.6. The highest BCUT2D eigenvalue weighted by Gasteiger charge is 2.52. The van der Waals surface area contributed by atoms with Crippen LogP contribution in [0.15, 0.2) is 84.1 Å². The van der Waals surface area contributed by atoms with E-state index in [4.69, 9.17) is 0 Å². The summed E-state index contributed by atoms with van der Waals surface area (Å²) in [6.45, 7) is 1.34. The molecule has 0 radical (unpaired) electrons. The van der Waals surface area contributed by atoms with Crippen LogP contribution < -0.4 is 0 Å². The van der Waals surface area contributed by atoms with Gasteiger partial charge in [-0.25, -0.2) is 0 Å². The lowest BCUT2D eigenvalue weighted by molar-refractivity contribution is -0.137. The van der Waals surface area contributed by atoms with Crippen LogP contribution in [-0.2, 0) is 22.2 Å². The molecule has 4 aromatic rings. The Morgan fingerprint density at radius 3 is 2.19 bits per heavy atom. The van der Waals surface area contributed by atoms with E-state index in [0.29, 0.717) is 12.0 Å². The number of ketones is 1. The van der Waals surface area contributed by atoms with E-state index in [1.807, 2.05) is 36.4 Å². The van der Waals surface area contributed by atoms with Crippen LogP contribution in [0, 0.1) is 0 Å². The number of aliphatic hydroxyl groups is 1. The van der Waals surface area contributed by atoms with Crippen molar-refractivity contribution in [3.05, 3.63) is 107 Å². The molecule has 0 saturated carbocycles. The van der Waals surface area contributed by atoms with Crippen LogP contribution in [0.2, 0.25) is 0 Å². The number of nitrogens with zero attached hydrogens (tertiary/aromatic N) is 1. The maximum Gasteiger partial charge on any atom is 0.416 e. The molecule has 0 bridgehead atoms. The van der Waals surface area contributed by atoms with E-state index in [2.05, 4.69) is 4.98 Å². The number of alkyl halides is 3. The van der Waals surface area contributed by atoms with Gasteiger partial charge < -0.3 is 15.0 Å². The Labute approximate surface area is 209 Å². The molecule has 1 saturated heterocycles. The SMILES string of the molecule is C/C(O)=C1\C(=O)[C@@H]2Cc3c([nH]c4ccccc34)[C@@H](c3ccc(-c4ccc(C(F)(F)F)cc4)cc3)N2C1=O. The molecule has 0 spiro atoms. The Morgan fingerprint density at radius 2 is 1.57 bits per heavy atom. The maximum atomic E-state index is 13.4. The van der Waals surface area contributed by atoms with Crippen molar-refractivity contribution in [3.8, 4) is 11.1 Å². The lowest BCUT2D eigenvalue weighted by Crippen LogP contribution is -2.44. The molecule has 2 atom stereocenters. The Balaban J connectivity index is 1.45. The van der Waals surface area contributed by atoms with Gasteiger partial charge in [0.05, 0.1) is 11.6 Å². The third-order valence-electron chi connectivity index (χ3n) is 7.26. The number of carbonyl (C=O) groups is 2. The summed E-state index contributed by atoms with van der Waals surface area (Å²) in [6.07, 6.45) is -4.07. The molecule has 0 aliphatic carbocycles. The lowest BCUT2D eigenvalue weighted by atomic mass is 9.88. The maximum absolute atomic E-state index is 13.4. The number of halogens is 3. The molecule has 1 amide bonds. The van der Waals surface area contributed by atoms with E-state index in [9.17, 15) is 27.9 Å². The first kappa shape index (κ1) is 23.1. The lowest BCUT2D eigenvalue weighted by Gasteiger charge is -2.37. The number of hydrogen-bond acceptors (Lipinski definition) is 3. The van der Waals surface area contributed by atoms with Gasteiger partial charge in [-0.2, -0.15) is 13.2 Å². The van der Waals surface area contributed by atoms with Crippen LogP contribution in [0.4, 0.5) is 13.2 Å². The number of carbonyl (C=O) groups excluding carboxylic acids is 2. The third-order valence-corrected chi connectivity index (χ3v) is 7.26. The van der Waals surface area contributed by atoms with Crippen LogP contribution in [0.5, 0.6) is 0 Å². The molecular weight excluding hydrogens is 481 g/mol. The highest BCUT2D eigenvalue weighted by Crippen LogP contribution is 2.45. The standard InChI is InChI=1S/C29H21F3N2O3/c1-15(35)24-27(36)23-14-21-20-4-2-3-5-22(20)33-25(21)26(34(23)28(24)37)18-8-6-16(7-9-18)17-10-12-19(13-11-17)29(30,31)32/h2-13,23,26,33,35H,14H2,1H3/b24-15-/t23-,26+/m0/s1. The Morgan fingerprint density at radius 1 is 0.946 bits per heavy atom. The van der Waals surface area contributed by atoms with Crippen molar-refractivity contribution in [1.29, 1.82) is 0 Å². The minimum absolute atomic E-state index is 0.189. The molecule has 1 aromatic heterocycles. The van der Waals surface area contributed by atoms with E-state index < -0.39 is 35.5 Å².